The fraction of sp³-hybridized carbons (Fsp3) is 0.375. The zero-order valence-corrected chi connectivity index (χ0v) is 14.3. The zero-order chi connectivity index (χ0) is 16.5. The monoisotopic (exact) mass is 382 g/mol. The summed E-state index contributed by atoms with van der Waals surface area (Å²) in [4.78, 5) is 1.67. The number of halogens is 1. The van der Waals surface area contributed by atoms with Gasteiger partial charge in [0.1, 0.15) is 0 Å². The summed E-state index contributed by atoms with van der Waals surface area (Å²) in [6, 6.07) is 0. The minimum absolute atomic E-state index is 0.180. The van der Waals surface area contributed by atoms with Gasteiger partial charge in [0.15, 0.2) is 0 Å². The highest BCUT2D eigenvalue weighted by Gasteiger charge is 2.00. The third-order valence-electron chi connectivity index (χ3n) is 1.92. The fourth-order valence-electron chi connectivity index (χ4n) is 1.05. The molecule has 0 aliphatic rings. The van der Waals surface area contributed by atoms with Crippen LogP contribution in [0.25, 0.3) is 0 Å². The molecule has 0 bridgehead atoms. The standard InChI is InChI=1S/C16H15BrO4S/c17-15-13-11-9-7-5-3-1-2-4-6-8-10-12-14-16-21-22(18,19)20/h13,15H,1-4,14,16H2,(H,18,19,20)/b15-13+. The summed E-state index contributed by atoms with van der Waals surface area (Å²) in [7, 11) is -4.37. The second-order valence-corrected chi connectivity index (χ2v) is 5.29. The Morgan fingerprint density at radius 3 is 2.05 bits per heavy atom. The van der Waals surface area contributed by atoms with Gasteiger partial charge in [0.2, 0.25) is 0 Å². The molecule has 1 N–H and O–H groups in total. The quantitative estimate of drug-likeness (QED) is 0.435. The van der Waals surface area contributed by atoms with E-state index in [2.05, 4.69) is 67.5 Å². The first-order valence-electron chi connectivity index (χ1n) is 6.37. The van der Waals surface area contributed by atoms with Crippen LogP contribution in [0.2, 0.25) is 0 Å². The number of rotatable bonds is 6. The summed E-state index contributed by atoms with van der Waals surface area (Å²) in [5.41, 5.74) is 0. The summed E-state index contributed by atoms with van der Waals surface area (Å²) in [6.45, 7) is -0.180. The van der Waals surface area contributed by atoms with E-state index < -0.39 is 10.4 Å². The van der Waals surface area contributed by atoms with E-state index in [1.54, 1.807) is 11.1 Å². The van der Waals surface area contributed by atoms with Crippen molar-refractivity contribution >= 4 is 26.3 Å². The molecule has 0 aromatic rings. The molecule has 0 saturated heterocycles. The average molecular weight is 383 g/mol. The van der Waals surface area contributed by atoms with Crippen LogP contribution in [-0.4, -0.2) is 19.6 Å². The molecule has 4 nitrogen and oxygen atoms in total. The van der Waals surface area contributed by atoms with Crippen molar-refractivity contribution in [2.75, 3.05) is 6.61 Å². The van der Waals surface area contributed by atoms with E-state index in [0.717, 1.165) is 25.7 Å². The van der Waals surface area contributed by atoms with Crippen LogP contribution >= 0.6 is 15.9 Å². The smallest absolute Gasteiger partial charge is 0.264 e. The summed E-state index contributed by atoms with van der Waals surface area (Å²) in [5, 5.41) is 0. The molecule has 0 fully saturated rings. The lowest BCUT2D eigenvalue weighted by molar-refractivity contribution is 0.275. The van der Waals surface area contributed by atoms with Gasteiger partial charge in [-0.15, -0.1) is 0 Å². The van der Waals surface area contributed by atoms with E-state index in [-0.39, 0.29) is 13.0 Å². The van der Waals surface area contributed by atoms with E-state index >= 15 is 0 Å². The maximum Gasteiger partial charge on any atom is 0.397 e. The first-order valence-corrected chi connectivity index (χ1v) is 8.65. The largest absolute Gasteiger partial charge is 0.397 e. The molecular formula is C16H15BrO4S. The summed E-state index contributed by atoms with van der Waals surface area (Å²) in [6.07, 6.45) is 5.26. The second-order valence-electron chi connectivity index (χ2n) is 3.67. The molecule has 0 radical (unpaired) electrons. The van der Waals surface area contributed by atoms with Gasteiger partial charge < -0.3 is 0 Å². The molecule has 0 aromatic carbocycles. The molecule has 0 amide bonds. The Bertz CT molecular complexity index is 692. The van der Waals surface area contributed by atoms with Gasteiger partial charge in [-0.05, 0) is 47.6 Å². The average Bonchev–Trinajstić information content (AvgIpc) is 2.45. The first-order chi connectivity index (χ1) is 10.6. The van der Waals surface area contributed by atoms with Crippen LogP contribution in [-0.2, 0) is 14.6 Å². The Kier molecular flexibility index (Phi) is 13.2. The lowest BCUT2D eigenvalue weighted by Crippen LogP contribution is -2.03. The molecule has 0 aliphatic carbocycles. The molecule has 0 spiro atoms. The maximum atomic E-state index is 10.2. The van der Waals surface area contributed by atoms with E-state index in [1.165, 1.54) is 0 Å². The molecule has 0 unspecified atom stereocenters. The van der Waals surface area contributed by atoms with Crippen LogP contribution < -0.4 is 0 Å². The predicted molar refractivity (Wildman–Crippen MR) is 89.8 cm³/mol. The van der Waals surface area contributed by atoms with Crippen LogP contribution in [0.15, 0.2) is 11.1 Å². The molecule has 6 heteroatoms. The molecule has 0 rings (SSSR count). The van der Waals surface area contributed by atoms with Gasteiger partial charge in [-0.1, -0.05) is 39.6 Å². The van der Waals surface area contributed by atoms with E-state index in [1.807, 2.05) is 0 Å². The zero-order valence-electron chi connectivity index (χ0n) is 11.9. The summed E-state index contributed by atoms with van der Waals surface area (Å²) < 4.78 is 32.8. The highest BCUT2D eigenvalue weighted by molar-refractivity contribution is 9.11. The van der Waals surface area contributed by atoms with Crippen LogP contribution in [0, 0.1) is 47.4 Å². The van der Waals surface area contributed by atoms with Crippen LogP contribution in [0.3, 0.4) is 0 Å². The Balaban J connectivity index is 3.64. The van der Waals surface area contributed by atoms with Gasteiger partial charge in [-0.2, -0.15) is 8.42 Å². The van der Waals surface area contributed by atoms with Gasteiger partial charge >= 0.3 is 10.4 Å². The van der Waals surface area contributed by atoms with Crippen molar-refractivity contribution in [2.24, 2.45) is 0 Å². The molecule has 0 aromatic heterocycles. The SMILES string of the molecule is O=S(=O)(O)OCCC#CC#CCCCCC#CC#C/C=C/Br. The van der Waals surface area contributed by atoms with Gasteiger partial charge in [-0.3, -0.25) is 4.55 Å². The lowest BCUT2D eigenvalue weighted by atomic mass is 10.2. The molecular weight excluding hydrogens is 368 g/mol. The van der Waals surface area contributed by atoms with Crippen molar-refractivity contribution in [3.05, 3.63) is 11.1 Å². The molecule has 0 heterocycles. The normalized spacial score (nSPS) is 9.36. The highest BCUT2D eigenvalue weighted by atomic mass is 79.9. The molecule has 22 heavy (non-hydrogen) atoms. The Morgan fingerprint density at radius 1 is 0.955 bits per heavy atom. The fourth-order valence-corrected chi connectivity index (χ4v) is 1.48. The summed E-state index contributed by atoms with van der Waals surface area (Å²) in [5.74, 6) is 21.9. The summed E-state index contributed by atoms with van der Waals surface area (Å²) >= 11 is 3.10. The number of hydrogen-bond donors (Lipinski definition) is 1. The predicted octanol–water partition coefficient (Wildman–Crippen LogP) is 2.68. The Labute approximate surface area is 140 Å². The lowest BCUT2D eigenvalue weighted by Gasteiger charge is -1.92. The number of allylic oxidation sites excluding steroid dienone is 1. The molecule has 0 aliphatic heterocycles. The van der Waals surface area contributed by atoms with Crippen molar-refractivity contribution < 1.29 is 17.2 Å². The van der Waals surface area contributed by atoms with Crippen molar-refractivity contribution in [1.29, 1.82) is 0 Å². The second kappa shape index (κ2) is 14.3. The maximum absolute atomic E-state index is 10.2. The van der Waals surface area contributed by atoms with Crippen molar-refractivity contribution in [3.8, 4) is 47.4 Å². The van der Waals surface area contributed by atoms with E-state index in [0.29, 0.717) is 0 Å². The molecule has 0 saturated carbocycles. The van der Waals surface area contributed by atoms with E-state index in [4.69, 9.17) is 4.55 Å². The van der Waals surface area contributed by atoms with Crippen LogP contribution in [0.5, 0.6) is 0 Å². The number of hydrogen-bond acceptors (Lipinski definition) is 3. The minimum atomic E-state index is -4.37. The number of unbranched alkanes of at least 4 members (excludes halogenated alkanes) is 3. The van der Waals surface area contributed by atoms with Crippen molar-refractivity contribution in [2.45, 2.75) is 32.1 Å². The highest BCUT2D eigenvalue weighted by Crippen LogP contribution is 1.96. The third kappa shape index (κ3) is 18.3. The van der Waals surface area contributed by atoms with Gasteiger partial charge in [0.05, 0.1) is 6.61 Å². The third-order valence-corrected chi connectivity index (χ3v) is 2.65. The molecule has 116 valence electrons. The topological polar surface area (TPSA) is 63.6 Å². The van der Waals surface area contributed by atoms with Crippen LogP contribution in [0.4, 0.5) is 0 Å². The Hall–Kier alpha value is -1.67. The Morgan fingerprint density at radius 2 is 1.50 bits per heavy atom. The van der Waals surface area contributed by atoms with E-state index in [9.17, 15) is 8.42 Å². The van der Waals surface area contributed by atoms with Gasteiger partial charge in [0.25, 0.3) is 0 Å². The van der Waals surface area contributed by atoms with Gasteiger partial charge in [-0.25, -0.2) is 4.18 Å². The first kappa shape index (κ1) is 20.3. The van der Waals surface area contributed by atoms with Crippen molar-refractivity contribution in [1.82, 2.24) is 0 Å². The molecule has 0 atom stereocenters. The van der Waals surface area contributed by atoms with Crippen LogP contribution in [0.1, 0.15) is 32.1 Å². The van der Waals surface area contributed by atoms with Crippen molar-refractivity contribution in [3.63, 3.8) is 0 Å². The van der Waals surface area contributed by atoms with Gasteiger partial charge in [0, 0.05) is 19.3 Å². The minimum Gasteiger partial charge on any atom is -0.264 e.